The molecule has 3 rings (SSSR count). The second-order valence-corrected chi connectivity index (χ2v) is 4.21. The van der Waals surface area contributed by atoms with Crippen LogP contribution >= 0.6 is 23.8 Å². The fourth-order valence-corrected chi connectivity index (χ4v) is 1.85. The maximum atomic E-state index is 5.84. The van der Waals surface area contributed by atoms with E-state index in [2.05, 4.69) is 20.3 Å². The summed E-state index contributed by atoms with van der Waals surface area (Å²) in [5, 5.41) is 8.71. The van der Waals surface area contributed by atoms with Crippen LogP contribution in [0.15, 0.2) is 30.6 Å². The second-order valence-electron chi connectivity index (χ2n) is 3.38. The molecule has 0 aliphatic rings. The summed E-state index contributed by atoms with van der Waals surface area (Å²) in [6, 6.07) is 7.29. The van der Waals surface area contributed by atoms with Crippen molar-refractivity contribution in [1.82, 2.24) is 25.0 Å². The molecule has 7 heteroatoms. The van der Waals surface area contributed by atoms with E-state index >= 15 is 0 Å². The van der Waals surface area contributed by atoms with Crippen LogP contribution in [-0.4, -0.2) is 25.0 Å². The summed E-state index contributed by atoms with van der Waals surface area (Å²) < 4.78 is 2.09. The molecule has 2 heterocycles. The highest BCUT2D eigenvalue weighted by molar-refractivity contribution is 7.71. The minimum atomic E-state index is 0.430. The monoisotopic (exact) mass is 263 g/mol. The van der Waals surface area contributed by atoms with Crippen LogP contribution in [0.3, 0.4) is 0 Å². The molecule has 0 unspecified atom stereocenters. The Labute approximate surface area is 106 Å². The minimum Gasteiger partial charge on any atom is -0.329 e. The summed E-state index contributed by atoms with van der Waals surface area (Å²) in [7, 11) is 0. The number of H-pyrrole nitrogens is 1. The highest BCUT2D eigenvalue weighted by Crippen LogP contribution is 2.16. The number of hydrogen-bond donors (Lipinski definition) is 1. The summed E-state index contributed by atoms with van der Waals surface area (Å²) in [5.41, 5.74) is 2.15. The zero-order valence-corrected chi connectivity index (χ0v) is 10.0. The van der Waals surface area contributed by atoms with E-state index in [1.54, 1.807) is 16.8 Å². The van der Waals surface area contributed by atoms with Crippen molar-refractivity contribution in [1.29, 1.82) is 0 Å². The van der Waals surface area contributed by atoms with Gasteiger partial charge >= 0.3 is 0 Å². The Morgan fingerprint density at radius 2 is 2.00 bits per heavy atom. The average Bonchev–Trinajstić information content (AvgIpc) is 2.75. The van der Waals surface area contributed by atoms with Gasteiger partial charge in [0.1, 0.15) is 0 Å². The van der Waals surface area contributed by atoms with Crippen molar-refractivity contribution in [3.8, 4) is 5.69 Å². The molecule has 0 amide bonds. The number of aromatic nitrogens is 5. The van der Waals surface area contributed by atoms with Crippen LogP contribution in [-0.2, 0) is 0 Å². The van der Waals surface area contributed by atoms with Crippen LogP contribution in [0.2, 0.25) is 5.02 Å². The van der Waals surface area contributed by atoms with Crippen LogP contribution in [0.1, 0.15) is 0 Å². The van der Waals surface area contributed by atoms with Gasteiger partial charge in [0.25, 0.3) is 0 Å². The lowest BCUT2D eigenvalue weighted by Crippen LogP contribution is -1.97. The number of fused-ring (bicyclic) bond motifs is 1. The molecule has 17 heavy (non-hydrogen) atoms. The molecule has 0 saturated carbocycles. The number of nitrogens with zero attached hydrogens (tertiary/aromatic N) is 4. The van der Waals surface area contributed by atoms with Crippen molar-refractivity contribution < 1.29 is 0 Å². The highest BCUT2D eigenvalue weighted by Gasteiger charge is 2.07. The van der Waals surface area contributed by atoms with Gasteiger partial charge in [-0.2, -0.15) is 4.68 Å². The summed E-state index contributed by atoms with van der Waals surface area (Å²) in [6.07, 6.45) is 1.53. The van der Waals surface area contributed by atoms with Crippen LogP contribution in [0.5, 0.6) is 0 Å². The molecule has 0 bridgehead atoms. The third-order valence-corrected chi connectivity index (χ3v) is 2.88. The van der Waals surface area contributed by atoms with Crippen LogP contribution in [0.4, 0.5) is 0 Å². The van der Waals surface area contributed by atoms with Crippen molar-refractivity contribution in [3.63, 3.8) is 0 Å². The molecule has 0 fully saturated rings. The van der Waals surface area contributed by atoms with Crippen molar-refractivity contribution in [2.45, 2.75) is 0 Å². The van der Waals surface area contributed by atoms with E-state index in [1.807, 2.05) is 12.1 Å². The molecule has 0 saturated heterocycles. The van der Waals surface area contributed by atoms with E-state index in [-0.39, 0.29) is 0 Å². The van der Waals surface area contributed by atoms with Gasteiger partial charge in [0.05, 0.1) is 12.0 Å². The Morgan fingerprint density at radius 3 is 2.76 bits per heavy atom. The SMILES string of the molecule is S=c1nc[nH]c2c1nnn2-c1ccc(Cl)cc1. The van der Waals surface area contributed by atoms with Gasteiger partial charge < -0.3 is 4.98 Å². The minimum absolute atomic E-state index is 0.430. The van der Waals surface area contributed by atoms with Gasteiger partial charge in [-0.15, -0.1) is 5.10 Å². The van der Waals surface area contributed by atoms with Crippen molar-refractivity contribution in [2.24, 2.45) is 0 Å². The molecular weight excluding hydrogens is 258 g/mol. The van der Waals surface area contributed by atoms with Crippen LogP contribution in [0, 0.1) is 4.64 Å². The number of nitrogens with one attached hydrogen (secondary N) is 1. The molecule has 0 spiro atoms. The third kappa shape index (κ3) is 1.71. The predicted octanol–water partition coefficient (Wildman–Crippen LogP) is 2.53. The van der Waals surface area contributed by atoms with Gasteiger partial charge in [-0.3, -0.25) is 0 Å². The number of rotatable bonds is 1. The Morgan fingerprint density at radius 1 is 1.24 bits per heavy atom. The molecule has 0 radical (unpaired) electrons. The maximum Gasteiger partial charge on any atom is 0.167 e. The fraction of sp³-hybridized carbons (Fsp3) is 0. The average molecular weight is 264 g/mol. The molecule has 0 atom stereocenters. The maximum absolute atomic E-state index is 5.84. The van der Waals surface area contributed by atoms with Crippen molar-refractivity contribution in [2.75, 3.05) is 0 Å². The molecule has 84 valence electrons. The summed E-state index contributed by atoms with van der Waals surface area (Å²) in [4.78, 5) is 6.93. The van der Waals surface area contributed by atoms with Gasteiger partial charge in [0, 0.05) is 5.02 Å². The summed E-state index contributed by atoms with van der Waals surface area (Å²) in [5.74, 6) is 0. The van der Waals surface area contributed by atoms with Crippen LogP contribution < -0.4 is 0 Å². The lowest BCUT2D eigenvalue weighted by Gasteiger charge is -2.01. The fourth-order valence-electron chi connectivity index (χ4n) is 1.53. The number of halogens is 1. The van der Waals surface area contributed by atoms with E-state index in [9.17, 15) is 0 Å². The smallest absolute Gasteiger partial charge is 0.167 e. The van der Waals surface area contributed by atoms with Gasteiger partial charge in [0.2, 0.25) is 0 Å². The number of aromatic amines is 1. The Balaban J connectivity index is 2.28. The quantitative estimate of drug-likeness (QED) is 0.686. The molecule has 0 aliphatic carbocycles. The molecule has 5 nitrogen and oxygen atoms in total. The highest BCUT2D eigenvalue weighted by atomic mass is 35.5. The third-order valence-electron chi connectivity index (χ3n) is 2.33. The molecule has 1 N–H and O–H groups in total. The van der Waals surface area contributed by atoms with E-state index in [4.69, 9.17) is 23.8 Å². The Kier molecular flexibility index (Phi) is 2.38. The normalized spacial score (nSPS) is 10.9. The van der Waals surface area contributed by atoms with E-state index < -0.39 is 0 Å². The second kappa shape index (κ2) is 3.90. The number of benzene rings is 1. The molecule has 1 aromatic carbocycles. The predicted molar refractivity (Wildman–Crippen MR) is 66.9 cm³/mol. The van der Waals surface area contributed by atoms with Gasteiger partial charge in [0.15, 0.2) is 15.8 Å². The Hall–Kier alpha value is -1.79. The zero-order chi connectivity index (χ0) is 11.8. The van der Waals surface area contributed by atoms with Crippen LogP contribution in [0.25, 0.3) is 16.9 Å². The topological polar surface area (TPSA) is 59.4 Å². The van der Waals surface area contributed by atoms with Crippen molar-refractivity contribution >= 4 is 35.0 Å². The Bertz CT molecular complexity index is 730. The summed E-state index contributed by atoms with van der Waals surface area (Å²) >= 11 is 10.9. The summed E-state index contributed by atoms with van der Waals surface area (Å²) in [6.45, 7) is 0. The van der Waals surface area contributed by atoms with E-state index in [1.165, 1.54) is 6.33 Å². The molecule has 0 aliphatic heterocycles. The van der Waals surface area contributed by atoms with Gasteiger partial charge in [-0.05, 0) is 24.3 Å². The lowest BCUT2D eigenvalue weighted by molar-refractivity contribution is 0.817. The van der Waals surface area contributed by atoms with E-state index in [0.29, 0.717) is 20.8 Å². The van der Waals surface area contributed by atoms with Crippen molar-refractivity contribution in [3.05, 3.63) is 40.3 Å². The van der Waals surface area contributed by atoms with Gasteiger partial charge in [-0.25, -0.2) is 4.98 Å². The largest absolute Gasteiger partial charge is 0.329 e. The molecule has 3 aromatic rings. The first kappa shape index (κ1) is 10.4. The number of hydrogen-bond acceptors (Lipinski definition) is 4. The molecular formula is C10H6ClN5S. The first-order valence-electron chi connectivity index (χ1n) is 4.81. The standard InChI is InChI=1S/C10H6ClN5S/c11-6-1-3-7(4-2-6)16-9-8(14-15-16)10(17)13-5-12-9/h1-5H,(H,12,13,17). The lowest BCUT2D eigenvalue weighted by atomic mass is 10.3. The van der Waals surface area contributed by atoms with E-state index in [0.717, 1.165) is 5.69 Å². The first-order valence-corrected chi connectivity index (χ1v) is 5.59. The molecule has 2 aromatic heterocycles. The zero-order valence-electron chi connectivity index (χ0n) is 8.46. The van der Waals surface area contributed by atoms with Gasteiger partial charge in [-0.1, -0.05) is 29.0 Å². The first-order chi connectivity index (χ1) is 8.25.